The monoisotopic (exact) mass is 293 g/mol. The van der Waals surface area contributed by atoms with E-state index in [9.17, 15) is 0 Å². The smallest absolute Gasteiger partial charge is 0.142 e. The third-order valence-electron chi connectivity index (χ3n) is 4.16. The number of nitriles is 1. The fourth-order valence-electron chi connectivity index (χ4n) is 2.85. The molecule has 22 heavy (non-hydrogen) atoms. The zero-order chi connectivity index (χ0) is 15.4. The molecule has 1 atom stereocenters. The highest BCUT2D eigenvalue weighted by Gasteiger charge is 2.26. The highest BCUT2D eigenvalue weighted by atomic mass is 15.2. The fourth-order valence-corrected chi connectivity index (χ4v) is 2.85. The van der Waals surface area contributed by atoms with Gasteiger partial charge in [0, 0.05) is 37.2 Å². The molecule has 112 valence electrons. The zero-order valence-electron chi connectivity index (χ0n) is 12.7. The van der Waals surface area contributed by atoms with Gasteiger partial charge >= 0.3 is 0 Å². The van der Waals surface area contributed by atoms with Gasteiger partial charge in [0.05, 0.1) is 18.2 Å². The van der Waals surface area contributed by atoms with Gasteiger partial charge in [-0.15, -0.1) is 0 Å². The van der Waals surface area contributed by atoms with E-state index in [1.807, 2.05) is 30.3 Å². The Kier molecular flexibility index (Phi) is 4.31. The minimum absolute atomic E-state index is 0.499. The molecule has 1 unspecified atom stereocenters. The molecule has 1 saturated heterocycles. The van der Waals surface area contributed by atoms with Crippen LogP contribution >= 0.6 is 0 Å². The van der Waals surface area contributed by atoms with Crippen LogP contribution in [-0.2, 0) is 6.54 Å². The SMILES string of the molecule is CN(Cc1ncccn1)C1CCN(c2ccc(C#N)cc2)C1. The van der Waals surface area contributed by atoms with Crippen molar-refractivity contribution in [2.75, 3.05) is 25.0 Å². The molecule has 1 aliphatic heterocycles. The molecule has 5 nitrogen and oxygen atoms in total. The van der Waals surface area contributed by atoms with Gasteiger partial charge in [-0.3, -0.25) is 4.90 Å². The van der Waals surface area contributed by atoms with Gasteiger partial charge in [-0.2, -0.15) is 5.26 Å². The van der Waals surface area contributed by atoms with E-state index < -0.39 is 0 Å². The first-order valence-corrected chi connectivity index (χ1v) is 7.47. The molecule has 0 N–H and O–H groups in total. The Morgan fingerprint density at radius 2 is 2.00 bits per heavy atom. The molecule has 0 radical (unpaired) electrons. The van der Waals surface area contributed by atoms with Crippen molar-refractivity contribution in [1.82, 2.24) is 14.9 Å². The molecule has 0 aliphatic carbocycles. The Hall–Kier alpha value is -2.45. The van der Waals surface area contributed by atoms with Crippen LogP contribution in [0.2, 0.25) is 0 Å². The predicted octanol–water partition coefficient (Wildman–Crippen LogP) is 2.06. The van der Waals surface area contributed by atoms with E-state index in [-0.39, 0.29) is 0 Å². The molecule has 0 amide bonds. The summed E-state index contributed by atoms with van der Waals surface area (Å²) in [7, 11) is 2.13. The lowest BCUT2D eigenvalue weighted by Crippen LogP contribution is -2.34. The lowest BCUT2D eigenvalue weighted by Gasteiger charge is -2.24. The molecule has 1 aromatic carbocycles. The van der Waals surface area contributed by atoms with Crippen LogP contribution in [0, 0.1) is 11.3 Å². The molecule has 0 bridgehead atoms. The summed E-state index contributed by atoms with van der Waals surface area (Å²) in [6.45, 7) is 2.80. The Morgan fingerprint density at radius 3 is 2.68 bits per heavy atom. The Bertz CT molecular complexity index is 647. The van der Waals surface area contributed by atoms with Crippen LogP contribution < -0.4 is 4.90 Å². The molecular formula is C17H19N5. The van der Waals surface area contributed by atoms with Crippen molar-refractivity contribution in [1.29, 1.82) is 5.26 Å². The van der Waals surface area contributed by atoms with Crippen molar-refractivity contribution in [3.8, 4) is 6.07 Å². The van der Waals surface area contributed by atoms with Gasteiger partial charge in [0.15, 0.2) is 0 Å². The molecule has 5 heteroatoms. The molecule has 3 rings (SSSR count). The molecule has 0 saturated carbocycles. The normalized spacial score (nSPS) is 17.7. The lowest BCUT2D eigenvalue weighted by molar-refractivity contribution is 0.244. The molecule has 1 fully saturated rings. The predicted molar refractivity (Wildman–Crippen MR) is 85.3 cm³/mol. The standard InChI is InChI=1S/C17H19N5/c1-21(13-17-19-8-2-9-20-17)16-7-10-22(12-16)15-5-3-14(11-18)4-6-15/h2-6,8-9,16H,7,10,12-13H2,1H3. The van der Waals surface area contributed by atoms with Crippen molar-refractivity contribution in [3.05, 3.63) is 54.1 Å². The minimum atomic E-state index is 0.499. The van der Waals surface area contributed by atoms with Crippen molar-refractivity contribution < 1.29 is 0 Å². The van der Waals surface area contributed by atoms with Gasteiger partial charge in [-0.25, -0.2) is 9.97 Å². The molecule has 2 heterocycles. The molecule has 1 aromatic heterocycles. The quantitative estimate of drug-likeness (QED) is 0.863. The third kappa shape index (κ3) is 3.23. The second kappa shape index (κ2) is 6.54. The average Bonchev–Trinajstić information content (AvgIpc) is 3.06. The second-order valence-electron chi connectivity index (χ2n) is 5.63. The van der Waals surface area contributed by atoms with Gasteiger partial charge < -0.3 is 4.90 Å². The molecular weight excluding hydrogens is 274 g/mol. The van der Waals surface area contributed by atoms with E-state index in [4.69, 9.17) is 5.26 Å². The minimum Gasteiger partial charge on any atom is -0.370 e. The number of likely N-dealkylation sites (N-methyl/N-ethyl adjacent to an activating group) is 1. The Morgan fingerprint density at radius 1 is 1.27 bits per heavy atom. The van der Waals surface area contributed by atoms with Gasteiger partial charge in [0.2, 0.25) is 0 Å². The highest BCUT2D eigenvalue weighted by molar-refractivity contribution is 5.50. The van der Waals surface area contributed by atoms with Crippen LogP contribution in [0.1, 0.15) is 17.8 Å². The fraction of sp³-hybridized carbons (Fsp3) is 0.353. The molecule has 0 spiro atoms. The number of anilines is 1. The van der Waals surface area contributed by atoms with Crippen molar-refractivity contribution >= 4 is 5.69 Å². The van der Waals surface area contributed by atoms with Crippen molar-refractivity contribution in [2.24, 2.45) is 0 Å². The van der Waals surface area contributed by atoms with Gasteiger partial charge in [-0.05, 0) is 43.8 Å². The van der Waals surface area contributed by atoms with E-state index in [2.05, 4.69) is 32.9 Å². The first-order chi connectivity index (χ1) is 10.8. The van der Waals surface area contributed by atoms with Crippen LogP contribution in [0.25, 0.3) is 0 Å². The van der Waals surface area contributed by atoms with E-state index in [0.717, 1.165) is 31.9 Å². The first kappa shape index (κ1) is 14.5. The van der Waals surface area contributed by atoms with Crippen LogP contribution in [0.5, 0.6) is 0 Å². The summed E-state index contributed by atoms with van der Waals surface area (Å²) in [4.78, 5) is 13.3. The summed E-state index contributed by atoms with van der Waals surface area (Å²) < 4.78 is 0. The second-order valence-corrected chi connectivity index (χ2v) is 5.63. The summed E-state index contributed by atoms with van der Waals surface area (Å²) >= 11 is 0. The maximum Gasteiger partial charge on any atom is 0.142 e. The first-order valence-electron chi connectivity index (χ1n) is 7.47. The van der Waals surface area contributed by atoms with E-state index >= 15 is 0 Å². The van der Waals surface area contributed by atoms with Crippen LogP contribution in [0.3, 0.4) is 0 Å². The van der Waals surface area contributed by atoms with Crippen LogP contribution in [0.4, 0.5) is 5.69 Å². The van der Waals surface area contributed by atoms with E-state index in [1.54, 1.807) is 12.4 Å². The summed E-state index contributed by atoms with van der Waals surface area (Å²) in [5.74, 6) is 0.863. The number of aromatic nitrogens is 2. The number of hydrogen-bond donors (Lipinski definition) is 0. The van der Waals surface area contributed by atoms with Crippen LogP contribution in [-0.4, -0.2) is 41.0 Å². The maximum absolute atomic E-state index is 8.87. The van der Waals surface area contributed by atoms with Crippen molar-refractivity contribution in [2.45, 2.75) is 19.0 Å². The van der Waals surface area contributed by atoms with E-state index in [1.165, 1.54) is 5.69 Å². The number of rotatable bonds is 4. The average molecular weight is 293 g/mol. The summed E-state index contributed by atoms with van der Waals surface area (Å²) in [5, 5.41) is 8.87. The Balaban J connectivity index is 1.60. The zero-order valence-corrected chi connectivity index (χ0v) is 12.7. The van der Waals surface area contributed by atoms with Gasteiger partial charge in [0.25, 0.3) is 0 Å². The summed E-state index contributed by atoms with van der Waals surface area (Å²) in [6, 6.07) is 12.3. The Labute approximate surface area is 130 Å². The lowest BCUT2D eigenvalue weighted by atomic mass is 10.2. The van der Waals surface area contributed by atoms with Gasteiger partial charge in [-0.1, -0.05) is 0 Å². The molecule has 1 aliphatic rings. The summed E-state index contributed by atoms with van der Waals surface area (Å²) in [5.41, 5.74) is 1.89. The number of benzene rings is 1. The topological polar surface area (TPSA) is 56.1 Å². The van der Waals surface area contributed by atoms with E-state index in [0.29, 0.717) is 11.6 Å². The third-order valence-corrected chi connectivity index (χ3v) is 4.16. The van der Waals surface area contributed by atoms with Crippen molar-refractivity contribution in [3.63, 3.8) is 0 Å². The number of nitrogens with zero attached hydrogens (tertiary/aromatic N) is 5. The molecule has 2 aromatic rings. The largest absolute Gasteiger partial charge is 0.370 e. The maximum atomic E-state index is 8.87. The highest BCUT2D eigenvalue weighted by Crippen LogP contribution is 2.23. The summed E-state index contributed by atoms with van der Waals surface area (Å²) in [6.07, 6.45) is 4.70. The van der Waals surface area contributed by atoms with Crippen LogP contribution in [0.15, 0.2) is 42.7 Å². The number of hydrogen-bond acceptors (Lipinski definition) is 5. The van der Waals surface area contributed by atoms with Gasteiger partial charge in [0.1, 0.15) is 5.82 Å².